The lowest BCUT2D eigenvalue weighted by Gasteiger charge is -2.32. The highest BCUT2D eigenvalue weighted by atomic mass is 16.5. The van der Waals surface area contributed by atoms with Crippen LogP contribution in [0.3, 0.4) is 0 Å². The van der Waals surface area contributed by atoms with Gasteiger partial charge >= 0.3 is 5.97 Å². The standard InChI is InChI=1S/C10H14O3/c1-13-10(6-9(11)12)5-7-2-3-8(10)4-7/h2-3,7-8H,4-6H2,1H3,(H,11,12). The largest absolute Gasteiger partial charge is 0.481 e. The quantitative estimate of drug-likeness (QED) is 0.672. The Bertz CT molecular complexity index is 259. The molecule has 1 fully saturated rings. The maximum absolute atomic E-state index is 10.7. The molecule has 0 aromatic heterocycles. The lowest BCUT2D eigenvalue weighted by atomic mass is 9.85. The minimum absolute atomic E-state index is 0.134. The number of hydrogen-bond donors (Lipinski definition) is 1. The van der Waals surface area contributed by atoms with Crippen molar-refractivity contribution in [3.63, 3.8) is 0 Å². The second-order valence-corrected chi connectivity index (χ2v) is 4.03. The van der Waals surface area contributed by atoms with Crippen molar-refractivity contribution in [1.29, 1.82) is 0 Å². The third-order valence-corrected chi connectivity index (χ3v) is 3.31. The third-order valence-electron chi connectivity index (χ3n) is 3.31. The highest BCUT2D eigenvalue weighted by Gasteiger charge is 2.49. The topological polar surface area (TPSA) is 46.5 Å². The molecule has 0 spiro atoms. The molecule has 0 aromatic rings. The normalized spacial score (nSPS) is 41.3. The summed E-state index contributed by atoms with van der Waals surface area (Å²) in [6.45, 7) is 0. The molecular formula is C10H14O3. The van der Waals surface area contributed by atoms with Crippen molar-refractivity contribution in [1.82, 2.24) is 0 Å². The molecule has 3 atom stereocenters. The van der Waals surface area contributed by atoms with E-state index in [1.807, 2.05) is 0 Å². The van der Waals surface area contributed by atoms with E-state index in [0.717, 1.165) is 12.8 Å². The summed E-state index contributed by atoms with van der Waals surface area (Å²) in [4.78, 5) is 10.7. The summed E-state index contributed by atoms with van der Waals surface area (Å²) in [5.41, 5.74) is -0.411. The van der Waals surface area contributed by atoms with Crippen LogP contribution in [0.2, 0.25) is 0 Å². The number of methoxy groups -OCH3 is 1. The zero-order chi connectivity index (χ0) is 9.47. The Morgan fingerprint density at radius 2 is 2.46 bits per heavy atom. The van der Waals surface area contributed by atoms with Crippen LogP contribution in [-0.4, -0.2) is 23.8 Å². The molecule has 0 radical (unpaired) electrons. The molecule has 3 heteroatoms. The third kappa shape index (κ3) is 1.27. The summed E-state index contributed by atoms with van der Waals surface area (Å²) >= 11 is 0. The first-order chi connectivity index (χ1) is 6.16. The fourth-order valence-corrected chi connectivity index (χ4v) is 2.68. The molecule has 0 aromatic carbocycles. The molecule has 1 N–H and O–H groups in total. The minimum Gasteiger partial charge on any atom is -0.481 e. The van der Waals surface area contributed by atoms with E-state index in [2.05, 4.69) is 12.2 Å². The predicted molar refractivity (Wildman–Crippen MR) is 47.3 cm³/mol. The van der Waals surface area contributed by atoms with Gasteiger partial charge in [-0.05, 0) is 18.8 Å². The first-order valence-electron chi connectivity index (χ1n) is 4.61. The van der Waals surface area contributed by atoms with Crippen LogP contribution in [-0.2, 0) is 9.53 Å². The molecule has 1 saturated carbocycles. The van der Waals surface area contributed by atoms with E-state index in [0.29, 0.717) is 11.8 Å². The van der Waals surface area contributed by atoms with E-state index in [1.54, 1.807) is 7.11 Å². The van der Waals surface area contributed by atoms with Gasteiger partial charge in [-0.2, -0.15) is 0 Å². The number of ether oxygens (including phenoxy) is 1. The molecule has 2 bridgehead atoms. The molecule has 2 aliphatic rings. The molecule has 72 valence electrons. The van der Waals surface area contributed by atoms with Crippen LogP contribution in [0.5, 0.6) is 0 Å². The van der Waals surface area contributed by atoms with Gasteiger partial charge in [0.2, 0.25) is 0 Å². The number of hydrogen-bond acceptors (Lipinski definition) is 2. The first-order valence-corrected chi connectivity index (χ1v) is 4.61. The molecule has 2 rings (SSSR count). The van der Waals surface area contributed by atoms with Crippen LogP contribution >= 0.6 is 0 Å². The Morgan fingerprint density at radius 1 is 1.69 bits per heavy atom. The lowest BCUT2D eigenvalue weighted by Crippen LogP contribution is -2.38. The number of carboxylic acid groups (broad SMARTS) is 1. The summed E-state index contributed by atoms with van der Waals surface area (Å²) in [6.07, 6.45) is 6.37. The van der Waals surface area contributed by atoms with Crippen LogP contribution in [0.4, 0.5) is 0 Å². The summed E-state index contributed by atoms with van der Waals surface area (Å²) in [5.74, 6) is 0.103. The van der Waals surface area contributed by atoms with Crippen molar-refractivity contribution in [3.8, 4) is 0 Å². The van der Waals surface area contributed by atoms with Gasteiger partial charge in [0.05, 0.1) is 12.0 Å². The van der Waals surface area contributed by atoms with Gasteiger partial charge in [-0.25, -0.2) is 0 Å². The molecule has 3 unspecified atom stereocenters. The van der Waals surface area contributed by atoms with E-state index >= 15 is 0 Å². The summed E-state index contributed by atoms with van der Waals surface area (Å²) < 4.78 is 5.41. The smallest absolute Gasteiger partial charge is 0.306 e. The molecule has 0 heterocycles. The molecule has 13 heavy (non-hydrogen) atoms. The first kappa shape index (κ1) is 8.75. The molecule has 0 saturated heterocycles. The highest BCUT2D eigenvalue weighted by molar-refractivity contribution is 5.68. The monoisotopic (exact) mass is 182 g/mol. The average Bonchev–Trinajstić information content (AvgIpc) is 2.62. The maximum atomic E-state index is 10.7. The summed E-state index contributed by atoms with van der Waals surface area (Å²) in [7, 11) is 1.62. The Hall–Kier alpha value is -0.830. The van der Waals surface area contributed by atoms with Crippen molar-refractivity contribution in [3.05, 3.63) is 12.2 Å². The number of fused-ring (bicyclic) bond motifs is 2. The van der Waals surface area contributed by atoms with Crippen molar-refractivity contribution in [2.24, 2.45) is 11.8 Å². The Labute approximate surface area is 77.4 Å². The second-order valence-electron chi connectivity index (χ2n) is 4.03. The Morgan fingerprint density at radius 3 is 2.85 bits per heavy atom. The van der Waals surface area contributed by atoms with Gasteiger partial charge in [-0.3, -0.25) is 4.79 Å². The number of aliphatic carboxylic acids is 1. The fraction of sp³-hybridized carbons (Fsp3) is 0.700. The number of carboxylic acids is 1. The van der Waals surface area contributed by atoms with Gasteiger partial charge in [0.25, 0.3) is 0 Å². The van der Waals surface area contributed by atoms with Crippen LogP contribution in [0.25, 0.3) is 0 Å². The second kappa shape index (κ2) is 2.84. The van der Waals surface area contributed by atoms with Gasteiger partial charge in [-0.1, -0.05) is 12.2 Å². The summed E-state index contributed by atoms with van der Waals surface area (Å²) in [6, 6.07) is 0. The number of rotatable bonds is 3. The molecule has 3 nitrogen and oxygen atoms in total. The van der Waals surface area contributed by atoms with Gasteiger partial charge in [0, 0.05) is 13.0 Å². The SMILES string of the molecule is COC1(CC(=O)O)CC2C=CC1C2. The number of allylic oxidation sites excluding steroid dienone is 1. The Balaban J connectivity index is 2.17. The van der Waals surface area contributed by atoms with Crippen molar-refractivity contribution < 1.29 is 14.6 Å². The van der Waals surface area contributed by atoms with E-state index in [9.17, 15) is 4.79 Å². The fourth-order valence-electron chi connectivity index (χ4n) is 2.68. The predicted octanol–water partition coefficient (Wildman–Crippen LogP) is 1.44. The lowest BCUT2D eigenvalue weighted by molar-refractivity contribution is -0.145. The van der Waals surface area contributed by atoms with Gasteiger partial charge in [-0.15, -0.1) is 0 Å². The van der Waals surface area contributed by atoms with Gasteiger partial charge in [0.15, 0.2) is 0 Å². The van der Waals surface area contributed by atoms with E-state index in [4.69, 9.17) is 9.84 Å². The highest BCUT2D eigenvalue weighted by Crippen LogP contribution is 2.49. The zero-order valence-electron chi connectivity index (χ0n) is 7.69. The van der Waals surface area contributed by atoms with Gasteiger partial charge < -0.3 is 9.84 Å². The molecule has 0 aliphatic heterocycles. The molecule has 0 amide bonds. The number of carbonyl (C=O) groups is 1. The maximum Gasteiger partial charge on any atom is 0.306 e. The van der Waals surface area contributed by atoms with Crippen molar-refractivity contribution >= 4 is 5.97 Å². The van der Waals surface area contributed by atoms with Crippen LogP contribution in [0.1, 0.15) is 19.3 Å². The van der Waals surface area contributed by atoms with E-state index < -0.39 is 11.6 Å². The average molecular weight is 182 g/mol. The Kier molecular flexibility index (Phi) is 1.91. The summed E-state index contributed by atoms with van der Waals surface area (Å²) in [5, 5.41) is 8.79. The zero-order valence-corrected chi connectivity index (χ0v) is 7.69. The van der Waals surface area contributed by atoms with Crippen molar-refractivity contribution in [2.75, 3.05) is 7.11 Å². The molecular weight excluding hydrogens is 168 g/mol. The van der Waals surface area contributed by atoms with Crippen LogP contribution in [0.15, 0.2) is 12.2 Å². The van der Waals surface area contributed by atoms with Crippen LogP contribution < -0.4 is 0 Å². The van der Waals surface area contributed by atoms with Crippen LogP contribution in [0, 0.1) is 11.8 Å². The minimum atomic E-state index is -0.761. The van der Waals surface area contributed by atoms with E-state index in [-0.39, 0.29) is 6.42 Å². The van der Waals surface area contributed by atoms with Crippen molar-refractivity contribution in [2.45, 2.75) is 24.9 Å². The molecule has 2 aliphatic carbocycles. The van der Waals surface area contributed by atoms with E-state index in [1.165, 1.54) is 0 Å². The van der Waals surface area contributed by atoms with Gasteiger partial charge in [0.1, 0.15) is 0 Å².